The van der Waals surface area contributed by atoms with Crippen LogP contribution in [0.15, 0.2) is 0 Å². The lowest BCUT2D eigenvalue weighted by molar-refractivity contribution is -0.153. The van der Waals surface area contributed by atoms with Crippen LogP contribution in [-0.2, 0) is 9.59 Å². The number of hydrogen-bond acceptors (Lipinski definition) is 2. The molecule has 2 saturated carbocycles. The van der Waals surface area contributed by atoms with E-state index < -0.39 is 0 Å². The van der Waals surface area contributed by atoms with Crippen LogP contribution in [-0.4, -0.2) is 34.8 Å². The van der Waals surface area contributed by atoms with Crippen molar-refractivity contribution < 1.29 is 9.59 Å². The number of nitrogens with one attached hydrogen (secondary N) is 1. The second-order valence-corrected chi connectivity index (χ2v) is 6.07. The van der Waals surface area contributed by atoms with Gasteiger partial charge in [0, 0.05) is 6.04 Å². The Morgan fingerprint density at radius 2 is 1.94 bits per heavy atom. The molecule has 4 nitrogen and oxygen atoms in total. The van der Waals surface area contributed by atoms with Gasteiger partial charge >= 0.3 is 0 Å². The Hall–Kier alpha value is -1.06. The Kier molecular flexibility index (Phi) is 2.83. The normalized spacial score (nSPS) is 34.4. The predicted octanol–water partition coefficient (Wildman–Crippen LogP) is 1.30. The van der Waals surface area contributed by atoms with Crippen molar-refractivity contribution in [2.45, 2.75) is 64.1 Å². The molecule has 0 radical (unpaired) electrons. The Morgan fingerprint density at radius 3 is 2.44 bits per heavy atom. The van der Waals surface area contributed by atoms with E-state index in [9.17, 15) is 9.59 Å². The van der Waals surface area contributed by atoms with Gasteiger partial charge in [0.25, 0.3) is 0 Å². The summed E-state index contributed by atoms with van der Waals surface area (Å²) in [5, 5.41) is 2.94. The molecule has 2 amide bonds. The van der Waals surface area contributed by atoms with Gasteiger partial charge in [-0.2, -0.15) is 0 Å². The summed E-state index contributed by atoms with van der Waals surface area (Å²) >= 11 is 0. The van der Waals surface area contributed by atoms with E-state index in [0.717, 1.165) is 12.8 Å². The molecule has 3 aliphatic rings. The molecule has 2 aliphatic carbocycles. The number of hydrogen-bond donors (Lipinski definition) is 1. The minimum atomic E-state index is -0.247. The average molecular weight is 250 g/mol. The second-order valence-electron chi connectivity index (χ2n) is 6.07. The highest BCUT2D eigenvalue weighted by atomic mass is 16.2. The number of piperazine rings is 1. The Bertz CT molecular complexity index is 374. The van der Waals surface area contributed by atoms with Gasteiger partial charge in [-0.1, -0.05) is 6.92 Å². The molecule has 1 N–H and O–H groups in total. The summed E-state index contributed by atoms with van der Waals surface area (Å²) in [6.45, 7) is 4.10. The first-order chi connectivity index (χ1) is 8.63. The summed E-state index contributed by atoms with van der Waals surface area (Å²) in [7, 11) is 0. The van der Waals surface area contributed by atoms with E-state index in [0.29, 0.717) is 18.3 Å². The minimum Gasteiger partial charge on any atom is -0.342 e. The van der Waals surface area contributed by atoms with Gasteiger partial charge in [0.1, 0.15) is 12.1 Å². The van der Waals surface area contributed by atoms with Crippen molar-refractivity contribution in [2.75, 3.05) is 0 Å². The van der Waals surface area contributed by atoms with Crippen LogP contribution in [0.1, 0.15) is 46.0 Å². The molecule has 100 valence electrons. The van der Waals surface area contributed by atoms with E-state index in [1.54, 1.807) is 0 Å². The molecule has 0 aromatic carbocycles. The van der Waals surface area contributed by atoms with Crippen LogP contribution in [0.5, 0.6) is 0 Å². The zero-order valence-electron chi connectivity index (χ0n) is 11.2. The molecule has 0 bridgehead atoms. The highest BCUT2D eigenvalue weighted by molar-refractivity contribution is 5.97. The molecule has 1 heterocycles. The van der Waals surface area contributed by atoms with Crippen molar-refractivity contribution >= 4 is 11.8 Å². The molecule has 0 spiro atoms. The maximum absolute atomic E-state index is 12.6. The zero-order chi connectivity index (χ0) is 12.9. The molecule has 0 aromatic heterocycles. The Morgan fingerprint density at radius 1 is 1.28 bits per heavy atom. The van der Waals surface area contributed by atoms with Crippen molar-refractivity contribution in [1.82, 2.24) is 10.2 Å². The standard InChI is InChI=1S/C14H22N2O2/c1-3-11-13(17)15-12(10-6-7-10)14(18)16(11)8(2)9-4-5-9/h8-12H,3-7H2,1-2H3,(H,15,17). The average Bonchev–Trinajstić information content (AvgIpc) is 3.20. The van der Waals surface area contributed by atoms with Gasteiger partial charge in [-0.3, -0.25) is 9.59 Å². The van der Waals surface area contributed by atoms with E-state index in [-0.39, 0.29) is 29.9 Å². The third-order valence-corrected chi connectivity index (χ3v) is 4.68. The maximum atomic E-state index is 12.6. The molecule has 4 heteroatoms. The maximum Gasteiger partial charge on any atom is 0.246 e. The van der Waals surface area contributed by atoms with Crippen molar-refractivity contribution in [3.8, 4) is 0 Å². The van der Waals surface area contributed by atoms with Gasteiger partial charge in [-0.25, -0.2) is 0 Å². The van der Waals surface area contributed by atoms with Crippen molar-refractivity contribution in [2.24, 2.45) is 11.8 Å². The lowest BCUT2D eigenvalue weighted by Gasteiger charge is -2.42. The van der Waals surface area contributed by atoms with Crippen LogP contribution < -0.4 is 5.32 Å². The summed E-state index contributed by atoms with van der Waals surface area (Å²) in [5.74, 6) is 1.24. The van der Waals surface area contributed by atoms with Crippen LogP contribution in [0.2, 0.25) is 0 Å². The molecular formula is C14H22N2O2. The summed E-state index contributed by atoms with van der Waals surface area (Å²) in [4.78, 5) is 26.7. The summed E-state index contributed by atoms with van der Waals surface area (Å²) in [6.07, 6.45) is 5.29. The Labute approximate surface area is 108 Å². The first kappa shape index (κ1) is 12.0. The van der Waals surface area contributed by atoms with Gasteiger partial charge < -0.3 is 10.2 Å². The monoisotopic (exact) mass is 250 g/mol. The highest BCUT2D eigenvalue weighted by Crippen LogP contribution is 2.40. The summed E-state index contributed by atoms with van der Waals surface area (Å²) < 4.78 is 0. The van der Waals surface area contributed by atoms with E-state index in [4.69, 9.17) is 0 Å². The molecule has 3 rings (SSSR count). The largest absolute Gasteiger partial charge is 0.342 e. The summed E-state index contributed by atoms with van der Waals surface area (Å²) in [6, 6.07) is -0.251. The topological polar surface area (TPSA) is 49.4 Å². The SMILES string of the molecule is CCC1C(=O)NC(C2CC2)C(=O)N1C(C)C1CC1. The minimum absolute atomic E-state index is 0.0569. The van der Waals surface area contributed by atoms with E-state index >= 15 is 0 Å². The number of carbonyl (C=O) groups excluding carboxylic acids is 2. The van der Waals surface area contributed by atoms with Crippen molar-refractivity contribution in [3.05, 3.63) is 0 Å². The van der Waals surface area contributed by atoms with E-state index in [1.165, 1.54) is 12.8 Å². The van der Waals surface area contributed by atoms with Gasteiger partial charge in [0.05, 0.1) is 0 Å². The molecule has 1 aliphatic heterocycles. The first-order valence-electron chi connectivity index (χ1n) is 7.26. The smallest absolute Gasteiger partial charge is 0.246 e. The van der Waals surface area contributed by atoms with Crippen LogP contribution >= 0.6 is 0 Å². The third kappa shape index (κ3) is 1.91. The van der Waals surface area contributed by atoms with Gasteiger partial charge in [-0.05, 0) is 50.9 Å². The first-order valence-corrected chi connectivity index (χ1v) is 7.26. The van der Waals surface area contributed by atoms with Gasteiger partial charge in [-0.15, -0.1) is 0 Å². The lowest BCUT2D eigenvalue weighted by Crippen LogP contribution is -2.66. The fourth-order valence-corrected chi connectivity index (χ4v) is 3.17. The highest BCUT2D eigenvalue weighted by Gasteiger charge is 2.49. The zero-order valence-corrected chi connectivity index (χ0v) is 11.2. The van der Waals surface area contributed by atoms with Crippen LogP contribution in [0, 0.1) is 11.8 Å². The predicted molar refractivity (Wildman–Crippen MR) is 67.8 cm³/mol. The lowest BCUT2D eigenvalue weighted by atomic mass is 9.98. The van der Waals surface area contributed by atoms with Gasteiger partial charge in [0.2, 0.25) is 11.8 Å². The molecular weight excluding hydrogens is 228 g/mol. The fraction of sp³-hybridized carbons (Fsp3) is 0.857. The molecule has 3 unspecified atom stereocenters. The van der Waals surface area contributed by atoms with Crippen molar-refractivity contribution in [1.29, 1.82) is 0 Å². The molecule has 3 fully saturated rings. The molecule has 18 heavy (non-hydrogen) atoms. The number of nitrogens with zero attached hydrogens (tertiary/aromatic N) is 1. The van der Waals surface area contributed by atoms with E-state index in [1.807, 2.05) is 11.8 Å². The molecule has 3 atom stereocenters. The number of carbonyl (C=O) groups is 2. The van der Waals surface area contributed by atoms with Gasteiger partial charge in [0.15, 0.2) is 0 Å². The third-order valence-electron chi connectivity index (χ3n) is 4.68. The quantitative estimate of drug-likeness (QED) is 0.817. The molecule has 1 saturated heterocycles. The Balaban J connectivity index is 1.83. The second kappa shape index (κ2) is 4.25. The number of amides is 2. The van der Waals surface area contributed by atoms with Crippen molar-refractivity contribution in [3.63, 3.8) is 0 Å². The van der Waals surface area contributed by atoms with E-state index in [2.05, 4.69) is 12.2 Å². The molecule has 0 aromatic rings. The fourth-order valence-electron chi connectivity index (χ4n) is 3.17. The van der Waals surface area contributed by atoms with Crippen LogP contribution in [0.4, 0.5) is 0 Å². The summed E-state index contributed by atoms with van der Waals surface area (Å²) in [5.41, 5.74) is 0. The van der Waals surface area contributed by atoms with Crippen LogP contribution in [0.3, 0.4) is 0 Å². The van der Waals surface area contributed by atoms with Crippen LogP contribution in [0.25, 0.3) is 0 Å². The number of rotatable bonds is 4.